The Morgan fingerprint density at radius 1 is 1.18 bits per heavy atom. The van der Waals surface area contributed by atoms with E-state index < -0.39 is 11.8 Å². The molecule has 5 nitrogen and oxygen atoms in total. The van der Waals surface area contributed by atoms with Crippen LogP contribution in [0, 0.1) is 0 Å². The Bertz CT molecular complexity index is 462. The van der Waals surface area contributed by atoms with Gasteiger partial charge >= 0.3 is 5.97 Å². The van der Waals surface area contributed by atoms with Crippen LogP contribution in [0.25, 0.3) is 0 Å². The van der Waals surface area contributed by atoms with Gasteiger partial charge in [-0.25, -0.2) is 4.79 Å². The largest absolute Gasteiger partial charge is 0.497 e. The highest BCUT2D eigenvalue weighted by Gasteiger charge is 2.10. The fraction of sp³-hybridized carbons (Fsp3) is 0.167. The summed E-state index contributed by atoms with van der Waals surface area (Å²) >= 11 is 0. The third-order valence-electron chi connectivity index (χ3n) is 2.05. The van der Waals surface area contributed by atoms with E-state index >= 15 is 0 Å². The van der Waals surface area contributed by atoms with E-state index in [2.05, 4.69) is 0 Å². The first-order chi connectivity index (χ1) is 8.08. The summed E-state index contributed by atoms with van der Waals surface area (Å²) in [4.78, 5) is 22.0. The van der Waals surface area contributed by atoms with Gasteiger partial charge in [-0.3, -0.25) is 4.79 Å². The van der Waals surface area contributed by atoms with Gasteiger partial charge in [0.05, 0.1) is 19.8 Å². The highest BCUT2D eigenvalue weighted by molar-refractivity contribution is 6.08. The molecule has 1 aromatic rings. The lowest BCUT2D eigenvalue weighted by Crippen LogP contribution is -2.00. The molecule has 0 bridgehead atoms. The van der Waals surface area contributed by atoms with Crippen LogP contribution < -0.4 is 9.47 Å². The molecule has 1 rings (SSSR count). The van der Waals surface area contributed by atoms with Crippen molar-refractivity contribution in [2.75, 3.05) is 14.2 Å². The Hall–Kier alpha value is -2.30. The van der Waals surface area contributed by atoms with E-state index in [0.717, 1.165) is 12.2 Å². The number of aliphatic carboxylic acids is 1. The summed E-state index contributed by atoms with van der Waals surface area (Å²) in [6, 6.07) is 4.68. The molecular formula is C12H12O5. The fourth-order valence-electron chi connectivity index (χ4n) is 1.24. The number of allylic oxidation sites excluding steroid dienone is 1. The van der Waals surface area contributed by atoms with Gasteiger partial charge in [0.1, 0.15) is 11.5 Å². The topological polar surface area (TPSA) is 72.8 Å². The minimum absolute atomic E-state index is 0.283. The Kier molecular flexibility index (Phi) is 4.28. The first-order valence-electron chi connectivity index (χ1n) is 4.76. The lowest BCUT2D eigenvalue weighted by Gasteiger charge is -2.07. The number of ether oxygens (including phenoxy) is 2. The van der Waals surface area contributed by atoms with Crippen molar-refractivity contribution < 1.29 is 24.2 Å². The molecule has 17 heavy (non-hydrogen) atoms. The lowest BCUT2D eigenvalue weighted by molar-refractivity contribution is -0.131. The van der Waals surface area contributed by atoms with Crippen LogP contribution in [0.1, 0.15) is 10.4 Å². The zero-order valence-electron chi connectivity index (χ0n) is 9.47. The quantitative estimate of drug-likeness (QED) is 0.620. The van der Waals surface area contributed by atoms with Gasteiger partial charge in [-0.1, -0.05) is 0 Å². The SMILES string of the molecule is COc1ccc(C(=O)C=CC(=O)O)c(OC)c1. The molecule has 1 N–H and O–H groups in total. The smallest absolute Gasteiger partial charge is 0.328 e. The van der Waals surface area contributed by atoms with Crippen molar-refractivity contribution >= 4 is 11.8 Å². The summed E-state index contributed by atoms with van der Waals surface area (Å²) in [7, 11) is 2.92. The maximum Gasteiger partial charge on any atom is 0.328 e. The average molecular weight is 236 g/mol. The first-order valence-corrected chi connectivity index (χ1v) is 4.76. The Morgan fingerprint density at radius 3 is 2.41 bits per heavy atom. The molecule has 0 aliphatic heterocycles. The van der Waals surface area contributed by atoms with E-state index in [-0.39, 0.29) is 5.56 Å². The van der Waals surface area contributed by atoms with Gasteiger partial charge in [0, 0.05) is 12.1 Å². The highest BCUT2D eigenvalue weighted by atomic mass is 16.5. The molecule has 0 atom stereocenters. The molecule has 0 unspecified atom stereocenters. The molecule has 0 radical (unpaired) electrons. The van der Waals surface area contributed by atoms with Crippen molar-refractivity contribution in [1.29, 1.82) is 0 Å². The van der Waals surface area contributed by atoms with Gasteiger partial charge in [-0.2, -0.15) is 0 Å². The van der Waals surface area contributed by atoms with E-state index in [1.807, 2.05) is 0 Å². The van der Waals surface area contributed by atoms with Crippen LogP contribution in [0.4, 0.5) is 0 Å². The molecule has 0 aliphatic rings. The van der Waals surface area contributed by atoms with Crippen LogP contribution in [0.3, 0.4) is 0 Å². The Morgan fingerprint density at radius 2 is 1.88 bits per heavy atom. The number of carboxylic acid groups (broad SMARTS) is 1. The predicted octanol–water partition coefficient (Wildman–Crippen LogP) is 1.53. The van der Waals surface area contributed by atoms with Gasteiger partial charge < -0.3 is 14.6 Å². The Balaban J connectivity index is 3.05. The zero-order chi connectivity index (χ0) is 12.8. The molecular weight excluding hydrogens is 224 g/mol. The van der Waals surface area contributed by atoms with Crippen LogP contribution >= 0.6 is 0 Å². The number of carbonyl (C=O) groups is 2. The van der Waals surface area contributed by atoms with Crippen molar-refractivity contribution in [3.8, 4) is 11.5 Å². The summed E-state index contributed by atoms with van der Waals surface area (Å²) in [5.74, 6) is -0.720. The number of hydrogen-bond acceptors (Lipinski definition) is 4. The maximum absolute atomic E-state index is 11.7. The monoisotopic (exact) mass is 236 g/mol. The second kappa shape index (κ2) is 5.69. The van der Waals surface area contributed by atoms with E-state index in [4.69, 9.17) is 14.6 Å². The van der Waals surface area contributed by atoms with Crippen molar-refractivity contribution in [3.63, 3.8) is 0 Å². The number of methoxy groups -OCH3 is 2. The highest BCUT2D eigenvalue weighted by Crippen LogP contribution is 2.25. The van der Waals surface area contributed by atoms with Gasteiger partial charge in [-0.15, -0.1) is 0 Å². The summed E-state index contributed by atoms with van der Waals surface area (Å²) in [5, 5.41) is 8.43. The number of carbonyl (C=O) groups excluding carboxylic acids is 1. The number of ketones is 1. The first kappa shape index (κ1) is 12.8. The lowest BCUT2D eigenvalue weighted by atomic mass is 10.1. The molecule has 0 aromatic heterocycles. The third-order valence-corrected chi connectivity index (χ3v) is 2.05. The second-order valence-corrected chi connectivity index (χ2v) is 3.10. The number of rotatable bonds is 5. The summed E-state index contributed by atoms with van der Waals surface area (Å²) < 4.78 is 10.0. The summed E-state index contributed by atoms with van der Waals surface area (Å²) in [5.41, 5.74) is 0.283. The standard InChI is InChI=1S/C12H12O5/c1-16-8-3-4-9(11(7-8)17-2)10(13)5-6-12(14)15/h3-7H,1-2H3,(H,14,15). The van der Waals surface area contributed by atoms with E-state index in [9.17, 15) is 9.59 Å². The maximum atomic E-state index is 11.7. The van der Waals surface area contributed by atoms with Gasteiger partial charge in [0.25, 0.3) is 0 Å². The molecule has 90 valence electrons. The Labute approximate surface area is 98.3 Å². The third kappa shape index (κ3) is 3.34. The van der Waals surface area contributed by atoms with E-state index in [1.54, 1.807) is 12.1 Å². The van der Waals surface area contributed by atoms with Gasteiger partial charge in [0.2, 0.25) is 0 Å². The van der Waals surface area contributed by atoms with Crippen molar-refractivity contribution in [2.45, 2.75) is 0 Å². The zero-order valence-corrected chi connectivity index (χ0v) is 9.47. The normalized spacial score (nSPS) is 10.2. The van der Waals surface area contributed by atoms with Crippen LogP contribution in [0.2, 0.25) is 0 Å². The van der Waals surface area contributed by atoms with Crippen molar-refractivity contribution in [3.05, 3.63) is 35.9 Å². The number of hydrogen-bond donors (Lipinski definition) is 1. The second-order valence-electron chi connectivity index (χ2n) is 3.10. The van der Waals surface area contributed by atoms with Crippen LogP contribution in [0.15, 0.2) is 30.4 Å². The molecule has 0 spiro atoms. The van der Waals surface area contributed by atoms with Gasteiger partial charge in [-0.05, 0) is 18.2 Å². The minimum Gasteiger partial charge on any atom is -0.497 e. The molecule has 0 amide bonds. The van der Waals surface area contributed by atoms with E-state index in [1.165, 1.54) is 20.3 Å². The van der Waals surface area contributed by atoms with E-state index in [0.29, 0.717) is 11.5 Å². The molecule has 0 saturated heterocycles. The molecule has 0 fully saturated rings. The number of benzene rings is 1. The average Bonchev–Trinajstić information content (AvgIpc) is 2.34. The van der Waals surface area contributed by atoms with Crippen LogP contribution in [-0.4, -0.2) is 31.1 Å². The molecule has 5 heteroatoms. The summed E-state index contributed by atoms with van der Waals surface area (Å²) in [6.07, 6.45) is 1.76. The van der Waals surface area contributed by atoms with Crippen molar-refractivity contribution in [2.24, 2.45) is 0 Å². The van der Waals surface area contributed by atoms with Gasteiger partial charge in [0.15, 0.2) is 5.78 Å². The van der Waals surface area contributed by atoms with Crippen LogP contribution in [-0.2, 0) is 4.79 Å². The predicted molar refractivity (Wildman–Crippen MR) is 60.7 cm³/mol. The van der Waals surface area contributed by atoms with Crippen LogP contribution in [0.5, 0.6) is 11.5 Å². The minimum atomic E-state index is -1.18. The number of carboxylic acids is 1. The summed E-state index contributed by atoms with van der Waals surface area (Å²) in [6.45, 7) is 0. The molecule has 0 saturated carbocycles. The molecule has 1 aromatic carbocycles. The molecule has 0 heterocycles. The van der Waals surface area contributed by atoms with Crippen molar-refractivity contribution in [1.82, 2.24) is 0 Å². The fourth-order valence-corrected chi connectivity index (χ4v) is 1.24. The molecule has 0 aliphatic carbocycles.